The monoisotopic (exact) mass is 492 g/mol. The zero-order valence-electron chi connectivity index (χ0n) is 18.1. The number of halogens is 2. The Balaban J connectivity index is 0.00000341. The van der Waals surface area contributed by atoms with Crippen LogP contribution in [-0.2, 0) is 10.0 Å². The molecular weight excluding hydrogens is 459 g/mol. The molecular formula is C21H34Cl2N4O3S. The van der Waals surface area contributed by atoms with E-state index in [4.69, 9.17) is 17.3 Å². The molecule has 1 aromatic rings. The van der Waals surface area contributed by atoms with Gasteiger partial charge in [0.2, 0.25) is 10.0 Å². The topological polar surface area (TPSA) is 95.7 Å². The summed E-state index contributed by atoms with van der Waals surface area (Å²) in [5.74, 6) is -0.0554. The fourth-order valence-corrected chi connectivity index (χ4v) is 6.52. The lowest BCUT2D eigenvalue weighted by Crippen LogP contribution is -2.62. The number of hydrogen-bond donors (Lipinski definition) is 2. The Labute approximate surface area is 197 Å². The summed E-state index contributed by atoms with van der Waals surface area (Å²) in [5.41, 5.74) is 6.51. The van der Waals surface area contributed by atoms with Crippen LogP contribution in [0.4, 0.5) is 5.69 Å². The van der Waals surface area contributed by atoms with Crippen molar-refractivity contribution in [2.24, 2.45) is 0 Å². The van der Waals surface area contributed by atoms with Crippen LogP contribution in [0.2, 0.25) is 5.02 Å². The van der Waals surface area contributed by atoms with E-state index >= 15 is 0 Å². The Morgan fingerprint density at radius 3 is 2.39 bits per heavy atom. The Morgan fingerprint density at radius 1 is 1.16 bits per heavy atom. The second-order valence-electron chi connectivity index (χ2n) is 8.37. The van der Waals surface area contributed by atoms with Crippen LogP contribution in [0.25, 0.3) is 0 Å². The number of hydrogen-bond acceptors (Lipinski definition) is 5. The van der Waals surface area contributed by atoms with Crippen molar-refractivity contribution in [1.82, 2.24) is 14.5 Å². The molecule has 0 spiro atoms. The Bertz CT molecular complexity index is 832. The van der Waals surface area contributed by atoms with Gasteiger partial charge in [0.05, 0.1) is 16.3 Å². The molecule has 1 aliphatic heterocycles. The van der Waals surface area contributed by atoms with Crippen LogP contribution in [0, 0.1) is 0 Å². The maximum Gasteiger partial charge on any atom is 0.254 e. The molecule has 1 amide bonds. The Hall–Kier alpha value is -1.06. The van der Waals surface area contributed by atoms with Crippen molar-refractivity contribution in [3.05, 3.63) is 28.8 Å². The number of carbonyl (C=O) groups is 1. The molecule has 1 aromatic carbocycles. The zero-order chi connectivity index (χ0) is 21.8. The molecule has 3 N–H and O–H groups in total. The number of benzene rings is 1. The maximum atomic E-state index is 12.8. The van der Waals surface area contributed by atoms with Crippen molar-refractivity contribution in [2.75, 3.05) is 44.2 Å². The van der Waals surface area contributed by atoms with Crippen molar-refractivity contribution in [1.29, 1.82) is 0 Å². The van der Waals surface area contributed by atoms with Gasteiger partial charge in [-0.2, -0.15) is 4.31 Å². The van der Waals surface area contributed by atoms with E-state index in [0.29, 0.717) is 55.4 Å². The summed E-state index contributed by atoms with van der Waals surface area (Å²) < 4.78 is 26.4. The van der Waals surface area contributed by atoms with Gasteiger partial charge in [-0.1, -0.05) is 43.9 Å². The van der Waals surface area contributed by atoms with Crippen molar-refractivity contribution in [3.63, 3.8) is 0 Å². The van der Waals surface area contributed by atoms with E-state index < -0.39 is 10.0 Å². The van der Waals surface area contributed by atoms with E-state index in [9.17, 15) is 13.2 Å². The Kier molecular flexibility index (Phi) is 9.45. The van der Waals surface area contributed by atoms with Crippen molar-refractivity contribution >= 4 is 45.6 Å². The summed E-state index contributed by atoms with van der Waals surface area (Å²) in [6.45, 7) is 4.79. The van der Waals surface area contributed by atoms with Crippen LogP contribution in [-0.4, -0.2) is 67.5 Å². The minimum absolute atomic E-state index is 0. The lowest BCUT2D eigenvalue weighted by molar-refractivity contribution is 0.0240. The van der Waals surface area contributed by atoms with Crippen LogP contribution in [0.15, 0.2) is 18.2 Å². The normalized spacial score (nSPS) is 20.1. The smallest absolute Gasteiger partial charge is 0.254 e. The van der Waals surface area contributed by atoms with Gasteiger partial charge < -0.3 is 11.1 Å². The van der Waals surface area contributed by atoms with Crippen LogP contribution in [0.5, 0.6) is 0 Å². The number of anilines is 1. The second-order valence-corrected chi connectivity index (χ2v) is 10.9. The first kappa shape index (κ1) is 26.2. The maximum absolute atomic E-state index is 12.8. The molecule has 3 rings (SSSR count). The number of nitrogens with zero attached hydrogens (tertiary/aromatic N) is 2. The molecule has 176 valence electrons. The van der Waals surface area contributed by atoms with Gasteiger partial charge in [0, 0.05) is 44.0 Å². The molecule has 0 radical (unpaired) electrons. The predicted molar refractivity (Wildman–Crippen MR) is 128 cm³/mol. The standard InChI is InChI=1S/C21H33ClN4O3S.ClH/c1-2-15-30(28,29)26-13-11-25(12-14-26)21(9-4-3-5-10-21)16-24-20(27)19-17(22)7-6-8-18(19)23;/h6-8H,2-5,9-16,23H2,1H3,(H,24,27);1H. The second kappa shape index (κ2) is 11.2. The largest absolute Gasteiger partial charge is 0.398 e. The summed E-state index contributed by atoms with van der Waals surface area (Å²) >= 11 is 6.20. The number of sulfonamides is 1. The molecule has 0 atom stereocenters. The summed E-state index contributed by atoms with van der Waals surface area (Å²) in [7, 11) is -3.17. The molecule has 1 saturated heterocycles. The highest BCUT2D eigenvalue weighted by Gasteiger charge is 2.41. The van der Waals surface area contributed by atoms with E-state index in [-0.39, 0.29) is 29.6 Å². The average molecular weight is 494 g/mol. The lowest BCUT2D eigenvalue weighted by Gasteiger charge is -2.49. The molecule has 1 aliphatic carbocycles. The van der Waals surface area contributed by atoms with Gasteiger partial charge in [-0.05, 0) is 31.4 Å². The molecule has 7 nitrogen and oxygen atoms in total. The van der Waals surface area contributed by atoms with Crippen molar-refractivity contribution in [2.45, 2.75) is 51.0 Å². The fourth-order valence-electron chi connectivity index (χ4n) is 4.76. The first-order valence-electron chi connectivity index (χ1n) is 10.8. The molecule has 0 unspecified atom stereocenters. The summed E-state index contributed by atoms with van der Waals surface area (Å²) in [5, 5.41) is 3.42. The highest BCUT2D eigenvalue weighted by molar-refractivity contribution is 7.89. The first-order valence-corrected chi connectivity index (χ1v) is 12.8. The predicted octanol–water partition coefficient (Wildman–Crippen LogP) is 3.13. The third kappa shape index (κ3) is 6.05. The highest BCUT2D eigenvalue weighted by atomic mass is 35.5. The molecule has 0 bridgehead atoms. The van der Waals surface area contributed by atoms with Crippen molar-refractivity contribution in [3.8, 4) is 0 Å². The van der Waals surface area contributed by atoms with E-state index in [1.165, 1.54) is 6.42 Å². The number of rotatable bonds is 7. The number of carbonyl (C=O) groups excluding carboxylic acids is 1. The van der Waals surface area contributed by atoms with Gasteiger partial charge in [0.25, 0.3) is 5.91 Å². The molecule has 2 aliphatic rings. The van der Waals surface area contributed by atoms with Crippen LogP contribution < -0.4 is 11.1 Å². The molecule has 2 fully saturated rings. The summed E-state index contributed by atoms with van der Waals surface area (Å²) in [6, 6.07) is 5.06. The number of nitrogens with one attached hydrogen (secondary N) is 1. The lowest BCUT2D eigenvalue weighted by atomic mass is 9.79. The van der Waals surface area contributed by atoms with E-state index in [2.05, 4.69) is 10.2 Å². The molecule has 0 aromatic heterocycles. The van der Waals surface area contributed by atoms with Gasteiger partial charge in [-0.25, -0.2) is 8.42 Å². The van der Waals surface area contributed by atoms with Gasteiger partial charge in [-0.15, -0.1) is 12.4 Å². The van der Waals surface area contributed by atoms with Gasteiger partial charge >= 0.3 is 0 Å². The molecule has 1 heterocycles. The fraction of sp³-hybridized carbons (Fsp3) is 0.667. The summed E-state index contributed by atoms with van der Waals surface area (Å²) in [4.78, 5) is 15.2. The van der Waals surface area contributed by atoms with Gasteiger partial charge in [0.15, 0.2) is 0 Å². The van der Waals surface area contributed by atoms with Crippen LogP contribution >= 0.6 is 24.0 Å². The van der Waals surface area contributed by atoms with Crippen molar-refractivity contribution < 1.29 is 13.2 Å². The first-order chi connectivity index (χ1) is 14.3. The number of amides is 1. The van der Waals surface area contributed by atoms with Gasteiger partial charge in [-0.3, -0.25) is 9.69 Å². The third-order valence-corrected chi connectivity index (χ3v) is 8.79. The van der Waals surface area contributed by atoms with Gasteiger partial charge in [0.1, 0.15) is 0 Å². The Morgan fingerprint density at radius 2 is 1.81 bits per heavy atom. The van der Waals surface area contributed by atoms with E-state index in [0.717, 1.165) is 25.7 Å². The zero-order valence-corrected chi connectivity index (χ0v) is 20.5. The number of nitrogens with two attached hydrogens (primary N) is 1. The number of nitrogen functional groups attached to an aromatic ring is 1. The molecule has 31 heavy (non-hydrogen) atoms. The van der Waals surface area contributed by atoms with Crippen LogP contribution in [0.1, 0.15) is 55.8 Å². The third-order valence-electron chi connectivity index (χ3n) is 6.40. The minimum Gasteiger partial charge on any atom is -0.398 e. The SMILES string of the molecule is CCCS(=O)(=O)N1CCN(C2(CNC(=O)c3c(N)cccc3Cl)CCCCC2)CC1.Cl. The highest BCUT2D eigenvalue weighted by Crippen LogP contribution is 2.34. The average Bonchev–Trinajstić information content (AvgIpc) is 2.73. The number of piperazine rings is 1. The van der Waals surface area contributed by atoms with E-state index in [1.807, 2.05) is 6.92 Å². The molecule has 10 heteroatoms. The van der Waals surface area contributed by atoms with Crippen LogP contribution in [0.3, 0.4) is 0 Å². The molecule has 1 saturated carbocycles. The summed E-state index contributed by atoms with van der Waals surface area (Å²) in [6.07, 6.45) is 6.03. The quantitative estimate of drug-likeness (QED) is 0.569. The minimum atomic E-state index is -3.17. The van der Waals surface area contributed by atoms with E-state index in [1.54, 1.807) is 22.5 Å².